The van der Waals surface area contributed by atoms with Gasteiger partial charge >= 0.3 is 17.7 Å². The molecule has 0 spiro atoms. The highest BCUT2D eigenvalue weighted by atomic mass is 16.5. The number of benzene rings is 3. The summed E-state index contributed by atoms with van der Waals surface area (Å²) in [6, 6.07) is 26.3. The first-order chi connectivity index (χ1) is 35.3. The molecule has 1 N–H and O–H groups in total. The summed E-state index contributed by atoms with van der Waals surface area (Å²) in [5, 5.41) is 6.73. The van der Waals surface area contributed by atoms with E-state index < -0.39 is 17.4 Å². The molecule has 5 aliphatic heterocycles. The van der Waals surface area contributed by atoms with E-state index in [1.807, 2.05) is 56.3 Å². The molecule has 1 atom stereocenters. The average molecular weight is 985 g/mol. The summed E-state index contributed by atoms with van der Waals surface area (Å²) in [5.74, 6) is -0.199. The highest BCUT2D eigenvalue weighted by Gasteiger charge is 2.49. The van der Waals surface area contributed by atoms with Crippen molar-refractivity contribution in [1.82, 2.24) is 34.5 Å². The first-order valence-electron chi connectivity index (χ1n) is 25.3. The topological polar surface area (TPSA) is 175 Å². The van der Waals surface area contributed by atoms with Gasteiger partial charge in [0.25, 0.3) is 0 Å². The monoisotopic (exact) mass is 984 g/mol. The lowest BCUT2D eigenvalue weighted by atomic mass is 9.86. The second-order valence-electron chi connectivity index (χ2n) is 20.0. The minimum Gasteiger partial charge on any atom is -0.467 e. The van der Waals surface area contributed by atoms with Crippen molar-refractivity contribution in [1.29, 1.82) is 0 Å². The molecule has 6 aromatic rings. The molecule has 18 heteroatoms. The van der Waals surface area contributed by atoms with Crippen LogP contribution < -0.4 is 40.2 Å². The zero-order chi connectivity index (χ0) is 50.7. The maximum Gasteiger partial charge on any atom is 0.353 e. The molecular weight excluding hydrogens is 925 g/mol. The third-order valence-corrected chi connectivity index (χ3v) is 15.6. The fourth-order valence-electron chi connectivity index (χ4n) is 11.6. The molecule has 1 unspecified atom stereocenters. The molecule has 376 valence electrons. The number of nitrogens with one attached hydrogen (secondary N) is 1. The smallest absolute Gasteiger partial charge is 0.353 e. The fourth-order valence-corrected chi connectivity index (χ4v) is 11.6. The fraction of sp³-hybridized carbons (Fsp3) is 0.382. The minimum absolute atomic E-state index is 0.115. The highest BCUT2D eigenvalue weighted by Crippen LogP contribution is 2.46. The van der Waals surface area contributed by atoms with Gasteiger partial charge in [0.2, 0.25) is 17.7 Å². The van der Waals surface area contributed by atoms with Gasteiger partial charge < -0.3 is 14.5 Å². The molecule has 8 heterocycles. The number of amides is 5. The molecule has 5 aliphatic rings. The quantitative estimate of drug-likeness (QED) is 0.152. The Morgan fingerprint density at radius 3 is 2.16 bits per heavy atom. The predicted molar refractivity (Wildman–Crippen MR) is 280 cm³/mol. The van der Waals surface area contributed by atoms with Crippen molar-refractivity contribution < 1.29 is 23.9 Å². The number of ether oxygens (including phenoxy) is 1. The van der Waals surface area contributed by atoms with Gasteiger partial charge in [-0.2, -0.15) is 0 Å². The van der Waals surface area contributed by atoms with Crippen LogP contribution >= 0.6 is 0 Å². The third-order valence-electron chi connectivity index (χ3n) is 15.6. The number of anilines is 5. The highest BCUT2D eigenvalue weighted by molar-refractivity contribution is 6.14. The van der Waals surface area contributed by atoms with E-state index in [0.717, 1.165) is 108 Å². The largest absolute Gasteiger partial charge is 0.467 e. The Bertz CT molecular complexity index is 3190. The Balaban J connectivity index is 0.795. The van der Waals surface area contributed by atoms with E-state index in [9.17, 15) is 24.0 Å². The molecule has 4 saturated heterocycles. The molecule has 3 aromatic carbocycles. The molecular formula is C55H60N12O6. The van der Waals surface area contributed by atoms with Crippen LogP contribution in [0.25, 0.3) is 27.9 Å². The van der Waals surface area contributed by atoms with Crippen LogP contribution in [-0.2, 0) is 33.3 Å². The van der Waals surface area contributed by atoms with Gasteiger partial charge in [-0.3, -0.25) is 44.3 Å². The van der Waals surface area contributed by atoms with E-state index in [2.05, 4.69) is 73.4 Å². The number of carbonyl (C=O) groups excluding carboxylic acids is 4. The Labute approximate surface area is 423 Å². The number of piperazine rings is 1. The maximum absolute atomic E-state index is 13.9. The van der Waals surface area contributed by atoms with Crippen LogP contribution in [0.5, 0.6) is 6.01 Å². The van der Waals surface area contributed by atoms with Crippen molar-refractivity contribution in [3.63, 3.8) is 0 Å². The first kappa shape index (κ1) is 47.5. The molecule has 0 bridgehead atoms. The number of piperidine rings is 2. The molecule has 0 aliphatic carbocycles. The first-order valence-corrected chi connectivity index (χ1v) is 25.3. The second-order valence-corrected chi connectivity index (χ2v) is 20.0. The summed E-state index contributed by atoms with van der Waals surface area (Å²) in [4.78, 5) is 87.5. The molecule has 0 radical (unpaired) electrons. The van der Waals surface area contributed by atoms with Gasteiger partial charge in [0, 0.05) is 107 Å². The van der Waals surface area contributed by atoms with E-state index in [4.69, 9.17) is 9.72 Å². The lowest BCUT2D eigenvalue weighted by Gasteiger charge is -2.44. The molecule has 73 heavy (non-hydrogen) atoms. The molecule has 0 saturated carbocycles. The standard InChI is InChI=1S/C55H60N12O6/c1-6-41-43(19-23-57-49(41)65-31-30-64(54(65)72)40-8-7-22-56-34-40)42-15-13-39(66-52(73-5)59-60(4)53(66)71)32-44(42)35-9-11-36(12-10-35)61-24-20-37(21-25-61)62-26-28-63(29-27-62)38-14-16-46-45(33-38)55(2,3)51(70)67(46)47-17-18-48(68)58-50(47)69/h7-16,19,22-23,32-34,37,47H,6,17-18,20-21,24-31H2,1-5H3,(H,58,68,69). The van der Waals surface area contributed by atoms with E-state index in [1.165, 1.54) is 16.4 Å². The van der Waals surface area contributed by atoms with Gasteiger partial charge in [-0.15, -0.1) is 5.10 Å². The molecule has 11 rings (SSSR count). The van der Waals surface area contributed by atoms with Crippen LogP contribution in [-0.4, -0.2) is 125 Å². The summed E-state index contributed by atoms with van der Waals surface area (Å²) in [6.07, 6.45) is 8.42. The number of fused-ring (bicyclic) bond motifs is 1. The molecule has 4 fully saturated rings. The van der Waals surface area contributed by atoms with E-state index >= 15 is 0 Å². The lowest BCUT2D eigenvalue weighted by molar-refractivity contribution is -0.136. The summed E-state index contributed by atoms with van der Waals surface area (Å²) in [6.45, 7) is 12.4. The SMILES string of the molecule is CCc1c(-c2ccc(-n3c(OC)nn(C)c3=O)cc2-c2ccc(N3CCC(N4CCN(c5ccc6c(c5)C(C)(C)C(=O)N6C5CCC(=O)NC5=O)CC4)CC3)cc2)ccnc1N1CCN(c2cccnc2)C1=O. The number of aromatic nitrogens is 5. The number of imide groups is 1. The summed E-state index contributed by atoms with van der Waals surface area (Å²) < 4.78 is 8.29. The Hall–Kier alpha value is -7.86. The van der Waals surface area contributed by atoms with Crippen LogP contribution in [0.3, 0.4) is 0 Å². The normalized spacial score (nSPS) is 19.5. The molecule has 3 aromatic heterocycles. The number of hydrogen-bond donors (Lipinski definition) is 1. The van der Waals surface area contributed by atoms with Crippen molar-refractivity contribution >= 4 is 52.3 Å². The van der Waals surface area contributed by atoms with Crippen LogP contribution in [0.15, 0.2) is 102 Å². The minimum atomic E-state index is -0.792. The molecule has 18 nitrogen and oxygen atoms in total. The number of pyridine rings is 2. The van der Waals surface area contributed by atoms with Crippen molar-refractivity contribution in [3.05, 3.63) is 119 Å². The maximum atomic E-state index is 13.9. The lowest BCUT2D eigenvalue weighted by Crippen LogP contribution is -2.55. The van der Waals surface area contributed by atoms with Crippen LogP contribution in [0, 0.1) is 0 Å². The number of aryl methyl sites for hydroxylation is 1. The Morgan fingerprint density at radius 1 is 0.726 bits per heavy atom. The van der Waals surface area contributed by atoms with Crippen LogP contribution in [0.2, 0.25) is 0 Å². The summed E-state index contributed by atoms with van der Waals surface area (Å²) in [7, 11) is 3.10. The summed E-state index contributed by atoms with van der Waals surface area (Å²) >= 11 is 0. The third kappa shape index (κ3) is 8.36. The average Bonchev–Trinajstić information content (AvgIpc) is 4.01. The van der Waals surface area contributed by atoms with Gasteiger partial charge in [-0.05, 0) is 128 Å². The predicted octanol–water partition coefficient (Wildman–Crippen LogP) is 5.93. The van der Waals surface area contributed by atoms with Crippen molar-refractivity contribution in [2.24, 2.45) is 7.05 Å². The van der Waals surface area contributed by atoms with Gasteiger partial charge in [-0.25, -0.2) is 23.8 Å². The van der Waals surface area contributed by atoms with Crippen LogP contribution in [0.4, 0.5) is 33.4 Å². The number of nitrogens with zero attached hydrogens (tertiary/aromatic N) is 11. The zero-order valence-electron chi connectivity index (χ0n) is 42.0. The van der Waals surface area contributed by atoms with Crippen molar-refractivity contribution in [2.45, 2.75) is 70.4 Å². The van der Waals surface area contributed by atoms with E-state index in [1.54, 1.807) is 40.3 Å². The van der Waals surface area contributed by atoms with Gasteiger partial charge in [0.15, 0.2) is 0 Å². The van der Waals surface area contributed by atoms with Crippen LogP contribution in [0.1, 0.15) is 57.6 Å². The van der Waals surface area contributed by atoms with Gasteiger partial charge in [0.1, 0.15) is 11.9 Å². The number of hydrogen-bond acceptors (Lipinski definition) is 12. The van der Waals surface area contributed by atoms with E-state index in [-0.39, 0.29) is 36.0 Å². The van der Waals surface area contributed by atoms with Gasteiger partial charge in [-0.1, -0.05) is 25.1 Å². The Morgan fingerprint density at radius 2 is 1.45 bits per heavy atom. The number of carbonyl (C=O) groups is 4. The van der Waals surface area contributed by atoms with Crippen molar-refractivity contribution in [2.75, 3.05) is 84.0 Å². The van der Waals surface area contributed by atoms with Crippen molar-refractivity contribution in [3.8, 4) is 34.0 Å². The number of rotatable bonds is 11. The number of urea groups is 1. The molecule has 5 amide bonds. The van der Waals surface area contributed by atoms with Gasteiger partial charge in [0.05, 0.1) is 30.1 Å². The summed E-state index contributed by atoms with van der Waals surface area (Å²) in [5.41, 5.74) is 8.84. The van der Waals surface area contributed by atoms with E-state index in [0.29, 0.717) is 43.5 Å². The number of methoxy groups -OCH3 is 1. The zero-order valence-corrected chi connectivity index (χ0v) is 42.0. The Kier molecular flexibility index (Phi) is 12.3. The second kappa shape index (κ2) is 19.0.